The SMILES string of the molecule is C=C1C(=O)C23[C@@H]4C[C@@H]5C(C)(C)CC[C@@H](OC(C)=O)[C@@]5(C(=O)O4)[C@@H]2[C@@H](OC(C)=O)C[C@@H]1[C@H]3O. The van der Waals surface area contributed by atoms with E-state index in [1.807, 2.05) is 0 Å². The van der Waals surface area contributed by atoms with E-state index in [4.69, 9.17) is 14.2 Å². The Morgan fingerprint density at radius 2 is 1.75 bits per heavy atom. The molecule has 6 aliphatic rings. The smallest absolute Gasteiger partial charge is 0.316 e. The highest BCUT2D eigenvalue weighted by Gasteiger charge is 2.85. The second-order valence-corrected chi connectivity index (χ2v) is 10.9. The third-order valence-corrected chi connectivity index (χ3v) is 9.20. The zero-order valence-corrected chi connectivity index (χ0v) is 18.9. The van der Waals surface area contributed by atoms with Crippen LogP contribution in [0.2, 0.25) is 0 Å². The van der Waals surface area contributed by atoms with Crippen LogP contribution in [-0.4, -0.2) is 53.2 Å². The largest absolute Gasteiger partial charge is 0.462 e. The molecule has 0 aromatic heterocycles. The zero-order valence-electron chi connectivity index (χ0n) is 18.9. The van der Waals surface area contributed by atoms with E-state index < -0.39 is 65.0 Å². The highest BCUT2D eigenvalue weighted by molar-refractivity contribution is 6.06. The molecule has 8 heteroatoms. The van der Waals surface area contributed by atoms with Crippen LogP contribution in [-0.2, 0) is 33.4 Å². The number of ketones is 1. The molecule has 1 unspecified atom stereocenters. The molecule has 1 N–H and O–H groups in total. The van der Waals surface area contributed by atoms with Crippen LogP contribution in [0.5, 0.6) is 0 Å². The van der Waals surface area contributed by atoms with Gasteiger partial charge in [0.15, 0.2) is 5.78 Å². The summed E-state index contributed by atoms with van der Waals surface area (Å²) in [4.78, 5) is 51.7. The molecular formula is C24H30O8. The fourth-order valence-corrected chi connectivity index (χ4v) is 8.23. The van der Waals surface area contributed by atoms with E-state index in [0.29, 0.717) is 12.8 Å². The summed E-state index contributed by atoms with van der Waals surface area (Å²) < 4.78 is 17.4. The van der Waals surface area contributed by atoms with Crippen molar-refractivity contribution in [1.82, 2.24) is 0 Å². The van der Waals surface area contributed by atoms with Crippen LogP contribution in [0.15, 0.2) is 12.2 Å². The topological polar surface area (TPSA) is 116 Å². The normalized spacial score (nSPS) is 47.9. The summed E-state index contributed by atoms with van der Waals surface area (Å²) in [6.45, 7) is 10.7. The van der Waals surface area contributed by atoms with Gasteiger partial charge in [-0.2, -0.15) is 0 Å². The van der Waals surface area contributed by atoms with Gasteiger partial charge in [0.1, 0.15) is 29.1 Å². The number of hydrogen-bond donors (Lipinski definition) is 1. The van der Waals surface area contributed by atoms with Gasteiger partial charge in [-0.05, 0) is 42.6 Å². The standard InChI is InChI=1S/C24H30O8/c1-10-13-8-14(30-11(2)25)18-23-15(22(4,5)7-6-16(23)31-12(3)26)9-17(32-21(23)29)24(18,19(10)27)20(13)28/h13-18,20,28H,1,6-9H2,2-5H3/t13-,14-,15+,16+,17-,18-,20+,23+,24?/m0/s1. The number of fused-ring (bicyclic) bond motifs is 2. The molecule has 32 heavy (non-hydrogen) atoms. The molecule has 6 fully saturated rings. The number of rotatable bonds is 2. The van der Waals surface area contributed by atoms with Gasteiger partial charge in [-0.15, -0.1) is 0 Å². The minimum absolute atomic E-state index is 0.194. The fraction of sp³-hybridized carbons (Fsp3) is 0.750. The number of carbonyl (C=O) groups is 4. The second kappa shape index (κ2) is 6.43. The predicted molar refractivity (Wildman–Crippen MR) is 109 cm³/mol. The van der Waals surface area contributed by atoms with Crippen molar-refractivity contribution in [2.45, 2.75) is 77.8 Å². The van der Waals surface area contributed by atoms with E-state index in [1.54, 1.807) is 0 Å². The fourth-order valence-electron chi connectivity index (χ4n) is 8.23. The molecule has 0 aromatic carbocycles. The molecular weight excluding hydrogens is 416 g/mol. The Hall–Kier alpha value is -2.22. The first-order valence-electron chi connectivity index (χ1n) is 11.4. The first-order valence-corrected chi connectivity index (χ1v) is 11.4. The van der Waals surface area contributed by atoms with Gasteiger partial charge in [-0.3, -0.25) is 19.2 Å². The summed E-state index contributed by atoms with van der Waals surface area (Å²) in [6, 6.07) is 0. The number of Topliss-reactive ketones (excluding diaryl/α,β-unsaturated/α-hetero) is 1. The van der Waals surface area contributed by atoms with Crippen molar-refractivity contribution in [2.24, 2.45) is 34.0 Å². The van der Waals surface area contributed by atoms with Crippen molar-refractivity contribution in [2.75, 3.05) is 0 Å². The minimum Gasteiger partial charge on any atom is -0.462 e. The molecule has 0 radical (unpaired) electrons. The molecule has 2 spiro atoms. The maximum absolute atomic E-state index is 13.8. The summed E-state index contributed by atoms with van der Waals surface area (Å²) in [5.74, 6) is -3.60. The Kier molecular flexibility index (Phi) is 4.34. The van der Waals surface area contributed by atoms with Crippen LogP contribution >= 0.6 is 0 Å². The van der Waals surface area contributed by atoms with Crippen molar-refractivity contribution >= 4 is 23.7 Å². The third kappa shape index (κ3) is 2.27. The molecule has 2 aliphatic heterocycles. The van der Waals surface area contributed by atoms with E-state index in [-0.39, 0.29) is 29.1 Å². The molecule has 0 aromatic rings. The molecule has 9 atom stereocenters. The van der Waals surface area contributed by atoms with Crippen molar-refractivity contribution < 1.29 is 38.5 Å². The third-order valence-electron chi connectivity index (χ3n) is 9.20. The Morgan fingerprint density at radius 1 is 1.09 bits per heavy atom. The molecule has 4 saturated carbocycles. The number of hydrogen-bond acceptors (Lipinski definition) is 8. The summed E-state index contributed by atoms with van der Waals surface area (Å²) in [5, 5.41) is 11.5. The number of esters is 3. The number of carbonyl (C=O) groups excluding carboxylic acids is 4. The maximum Gasteiger partial charge on any atom is 0.316 e. The summed E-state index contributed by atoms with van der Waals surface area (Å²) >= 11 is 0. The summed E-state index contributed by atoms with van der Waals surface area (Å²) in [5.41, 5.74) is -2.87. The number of aliphatic hydroxyl groups is 1. The zero-order chi connectivity index (χ0) is 23.4. The summed E-state index contributed by atoms with van der Waals surface area (Å²) in [6.07, 6.45) is -1.87. The van der Waals surface area contributed by atoms with Gasteiger partial charge in [-0.25, -0.2) is 0 Å². The molecule has 2 saturated heterocycles. The van der Waals surface area contributed by atoms with Crippen LogP contribution in [0.1, 0.15) is 53.4 Å². The van der Waals surface area contributed by atoms with E-state index in [0.717, 1.165) is 6.42 Å². The number of ether oxygens (including phenoxy) is 3. The molecule has 174 valence electrons. The highest BCUT2D eigenvalue weighted by Crippen LogP contribution is 2.75. The van der Waals surface area contributed by atoms with Crippen molar-refractivity contribution in [3.8, 4) is 0 Å². The van der Waals surface area contributed by atoms with Crippen LogP contribution in [0.4, 0.5) is 0 Å². The maximum atomic E-state index is 13.8. The van der Waals surface area contributed by atoms with Crippen molar-refractivity contribution in [3.63, 3.8) is 0 Å². The van der Waals surface area contributed by atoms with Gasteiger partial charge in [-0.1, -0.05) is 20.4 Å². The van der Waals surface area contributed by atoms with Gasteiger partial charge < -0.3 is 19.3 Å². The Labute approximate surface area is 186 Å². The van der Waals surface area contributed by atoms with E-state index in [2.05, 4.69) is 20.4 Å². The monoisotopic (exact) mass is 446 g/mol. The van der Waals surface area contributed by atoms with Gasteiger partial charge in [0.25, 0.3) is 0 Å². The van der Waals surface area contributed by atoms with Crippen LogP contribution < -0.4 is 0 Å². The van der Waals surface area contributed by atoms with Crippen molar-refractivity contribution in [3.05, 3.63) is 12.2 Å². The van der Waals surface area contributed by atoms with Crippen LogP contribution in [0.25, 0.3) is 0 Å². The molecule has 2 heterocycles. The van der Waals surface area contributed by atoms with Crippen LogP contribution in [0, 0.1) is 34.0 Å². The Morgan fingerprint density at radius 3 is 2.38 bits per heavy atom. The minimum atomic E-state index is -1.45. The van der Waals surface area contributed by atoms with E-state index >= 15 is 0 Å². The molecule has 8 nitrogen and oxygen atoms in total. The van der Waals surface area contributed by atoms with Gasteiger partial charge >= 0.3 is 17.9 Å². The second-order valence-electron chi connectivity index (χ2n) is 10.9. The molecule has 6 rings (SSSR count). The van der Waals surface area contributed by atoms with Gasteiger partial charge in [0.05, 0.1) is 6.10 Å². The Balaban J connectivity index is 1.80. The average molecular weight is 446 g/mol. The average Bonchev–Trinajstić information content (AvgIpc) is 2.80. The molecule has 4 bridgehead atoms. The van der Waals surface area contributed by atoms with Gasteiger partial charge in [0.2, 0.25) is 0 Å². The predicted octanol–water partition coefficient (Wildman–Crippen LogP) is 1.72. The quantitative estimate of drug-likeness (QED) is 0.387. The first-order chi connectivity index (χ1) is 14.9. The lowest BCUT2D eigenvalue weighted by Crippen LogP contribution is -2.80. The summed E-state index contributed by atoms with van der Waals surface area (Å²) in [7, 11) is 0. The first kappa shape index (κ1) is 21.6. The highest BCUT2D eigenvalue weighted by atomic mass is 16.6. The number of aliphatic hydroxyl groups excluding tert-OH is 1. The van der Waals surface area contributed by atoms with Crippen LogP contribution in [0.3, 0.4) is 0 Å². The lowest BCUT2D eigenvalue weighted by atomic mass is 9.36. The molecule has 0 amide bonds. The van der Waals surface area contributed by atoms with E-state index in [9.17, 15) is 24.3 Å². The molecule has 4 aliphatic carbocycles. The lowest BCUT2D eigenvalue weighted by molar-refractivity contribution is -0.317. The Bertz CT molecular complexity index is 952. The lowest BCUT2D eigenvalue weighted by Gasteiger charge is -2.70. The van der Waals surface area contributed by atoms with Crippen molar-refractivity contribution in [1.29, 1.82) is 0 Å². The van der Waals surface area contributed by atoms with E-state index in [1.165, 1.54) is 13.8 Å². The van der Waals surface area contributed by atoms with Gasteiger partial charge in [0, 0.05) is 25.7 Å².